The predicted molar refractivity (Wildman–Crippen MR) is 62.2 cm³/mol. The Hall–Kier alpha value is -1.74. The van der Waals surface area contributed by atoms with Crippen LogP contribution in [0.25, 0.3) is 11.1 Å². The molecular weight excluding hydrogens is 203 g/mol. The van der Waals surface area contributed by atoms with E-state index in [4.69, 9.17) is 5.73 Å². The smallest absolute Gasteiger partial charge is 0.131 e. The van der Waals surface area contributed by atoms with Gasteiger partial charge in [0.15, 0.2) is 0 Å². The van der Waals surface area contributed by atoms with Crippen molar-refractivity contribution in [3.8, 4) is 11.1 Å². The number of nitrogens with two attached hydrogens (primary N) is 1. The molecule has 2 N–H and O–H groups in total. The Labute approximate surface area is 93.9 Å². The van der Waals surface area contributed by atoms with Gasteiger partial charge in [0.25, 0.3) is 0 Å². The average molecular weight is 216 g/mol. The minimum atomic E-state index is -0.240. The number of rotatable bonds is 2. The number of hydrogen-bond donors (Lipinski definition) is 1. The molecule has 2 aromatic rings. The summed E-state index contributed by atoms with van der Waals surface area (Å²) in [6.07, 6.45) is 3.29. The van der Waals surface area contributed by atoms with Gasteiger partial charge in [-0.15, -0.1) is 0 Å². The van der Waals surface area contributed by atoms with Gasteiger partial charge >= 0.3 is 0 Å². The Morgan fingerprint density at radius 3 is 2.50 bits per heavy atom. The molecule has 0 aliphatic carbocycles. The molecule has 0 fully saturated rings. The van der Waals surface area contributed by atoms with Gasteiger partial charge in [0.1, 0.15) is 5.82 Å². The summed E-state index contributed by atoms with van der Waals surface area (Å²) in [7, 11) is 0. The molecule has 0 spiro atoms. The summed E-state index contributed by atoms with van der Waals surface area (Å²) in [4.78, 5) is 3.91. The average Bonchev–Trinajstić information content (AvgIpc) is 2.30. The maximum Gasteiger partial charge on any atom is 0.131 e. The first-order chi connectivity index (χ1) is 7.68. The van der Waals surface area contributed by atoms with Crippen LogP contribution in [0.2, 0.25) is 0 Å². The number of halogens is 1. The van der Waals surface area contributed by atoms with E-state index in [9.17, 15) is 4.39 Å². The normalized spacial score (nSPS) is 12.4. The van der Waals surface area contributed by atoms with Gasteiger partial charge in [-0.3, -0.25) is 4.98 Å². The summed E-state index contributed by atoms with van der Waals surface area (Å²) in [5.74, 6) is -0.240. The molecule has 0 amide bonds. The molecule has 0 saturated heterocycles. The van der Waals surface area contributed by atoms with Crippen LogP contribution >= 0.6 is 0 Å². The molecule has 82 valence electrons. The van der Waals surface area contributed by atoms with Crippen LogP contribution in [0, 0.1) is 5.82 Å². The lowest BCUT2D eigenvalue weighted by Gasteiger charge is -2.09. The molecule has 0 bridgehead atoms. The van der Waals surface area contributed by atoms with E-state index >= 15 is 0 Å². The maximum absolute atomic E-state index is 13.7. The Morgan fingerprint density at radius 1 is 1.19 bits per heavy atom. The topological polar surface area (TPSA) is 38.9 Å². The molecule has 2 rings (SSSR count). The van der Waals surface area contributed by atoms with E-state index in [1.54, 1.807) is 36.7 Å². The number of aromatic nitrogens is 1. The summed E-state index contributed by atoms with van der Waals surface area (Å²) in [6.45, 7) is 1.88. The summed E-state index contributed by atoms with van der Waals surface area (Å²) in [5.41, 5.74) is 8.08. The second-order valence-corrected chi connectivity index (χ2v) is 3.76. The highest BCUT2D eigenvalue weighted by atomic mass is 19.1. The first-order valence-corrected chi connectivity index (χ1v) is 5.14. The molecule has 1 aromatic heterocycles. The van der Waals surface area contributed by atoms with E-state index < -0.39 is 0 Å². The first kappa shape index (κ1) is 10.8. The molecule has 0 aliphatic heterocycles. The lowest BCUT2D eigenvalue weighted by atomic mass is 10.0. The third-order valence-electron chi connectivity index (χ3n) is 2.51. The van der Waals surface area contributed by atoms with Crippen molar-refractivity contribution in [1.82, 2.24) is 4.98 Å². The number of pyridine rings is 1. The van der Waals surface area contributed by atoms with E-state index in [1.807, 2.05) is 6.92 Å². The molecule has 1 aromatic carbocycles. The molecule has 1 atom stereocenters. The van der Waals surface area contributed by atoms with Crippen LogP contribution in [-0.2, 0) is 0 Å². The van der Waals surface area contributed by atoms with Crippen molar-refractivity contribution in [1.29, 1.82) is 0 Å². The van der Waals surface area contributed by atoms with Crippen molar-refractivity contribution >= 4 is 0 Å². The van der Waals surface area contributed by atoms with Gasteiger partial charge in [0, 0.05) is 24.0 Å². The molecular formula is C13H13FN2. The van der Waals surface area contributed by atoms with Crippen LogP contribution in [0.5, 0.6) is 0 Å². The molecule has 0 radical (unpaired) electrons. The van der Waals surface area contributed by atoms with Gasteiger partial charge in [-0.05, 0) is 42.3 Å². The summed E-state index contributed by atoms with van der Waals surface area (Å²) < 4.78 is 13.7. The summed E-state index contributed by atoms with van der Waals surface area (Å²) in [6, 6.07) is 8.42. The number of benzene rings is 1. The van der Waals surface area contributed by atoms with Crippen LogP contribution in [0.3, 0.4) is 0 Å². The van der Waals surface area contributed by atoms with Gasteiger partial charge in [-0.25, -0.2) is 4.39 Å². The van der Waals surface area contributed by atoms with Crippen LogP contribution in [-0.4, -0.2) is 4.98 Å². The van der Waals surface area contributed by atoms with Crippen LogP contribution in [0.1, 0.15) is 18.5 Å². The van der Waals surface area contributed by atoms with Crippen molar-refractivity contribution in [3.05, 3.63) is 54.1 Å². The van der Waals surface area contributed by atoms with Crippen LogP contribution < -0.4 is 5.73 Å². The maximum atomic E-state index is 13.7. The Kier molecular flexibility index (Phi) is 2.97. The lowest BCUT2D eigenvalue weighted by Crippen LogP contribution is -2.05. The molecule has 0 aliphatic rings. The highest BCUT2D eigenvalue weighted by Gasteiger charge is 2.07. The fourth-order valence-corrected chi connectivity index (χ4v) is 1.58. The van der Waals surface area contributed by atoms with Gasteiger partial charge in [0.2, 0.25) is 0 Å². The van der Waals surface area contributed by atoms with Gasteiger partial charge in [-0.1, -0.05) is 6.07 Å². The highest BCUT2D eigenvalue weighted by Crippen LogP contribution is 2.25. The van der Waals surface area contributed by atoms with E-state index in [-0.39, 0.29) is 11.9 Å². The second kappa shape index (κ2) is 4.41. The van der Waals surface area contributed by atoms with E-state index in [2.05, 4.69) is 4.98 Å². The zero-order chi connectivity index (χ0) is 11.5. The number of hydrogen-bond acceptors (Lipinski definition) is 2. The zero-order valence-electron chi connectivity index (χ0n) is 9.02. The quantitative estimate of drug-likeness (QED) is 0.838. The second-order valence-electron chi connectivity index (χ2n) is 3.76. The zero-order valence-corrected chi connectivity index (χ0v) is 9.02. The first-order valence-electron chi connectivity index (χ1n) is 5.14. The monoisotopic (exact) mass is 216 g/mol. The largest absolute Gasteiger partial charge is 0.324 e. The van der Waals surface area contributed by atoms with Crippen molar-refractivity contribution in [3.63, 3.8) is 0 Å². The Morgan fingerprint density at radius 2 is 1.88 bits per heavy atom. The summed E-state index contributed by atoms with van der Waals surface area (Å²) >= 11 is 0. The fourth-order valence-electron chi connectivity index (χ4n) is 1.58. The lowest BCUT2D eigenvalue weighted by molar-refractivity contribution is 0.629. The van der Waals surface area contributed by atoms with Crippen LogP contribution in [0.15, 0.2) is 42.7 Å². The molecule has 1 unspecified atom stereocenters. The Bertz CT molecular complexity index is 481. The minimum absolute atomic E-state index is 0.0961. The molecule has 3 heteroatoms. The van der Waals surface area contributed by atoms with Crippen molar-refractivity contribution in [2.24, 2.45) is 5.73 Å². The third-order valence-corrected chi connectivity index (χ3v) is 2.51. The number of nitrogens with zero attached hydrogens (tertiary/aromatic N) is 1. The van der Waals surface area contributed by atoms with Gasteiger partial charge < -0.3 is 5.73 Å². The van der Waals surface area contributed by atoms with Crippen molar-refractivity contribution in [2.75, 3.05) is 0 Å². The fraction of sp³-hybridized carbons (Fsp3) is 0.154. The highest BCUT2D eigenvalue weighted by molar-refractivity contribution is 5.64. The van der Waals surface area contributed by atoms with Crippen LogP contribution in [0.4, 0.5) is 4.39 Å². The van der Waals surface area contributed by atoms with E-state index in [0.29, 0.717) is 5.56 Å². The minimum Gasteiger partial charge on any atom is -0.324 e. The van der Waals surface area contributed by atoms with Gasteiger partial charge in [-0.2, -0.15) is 0 Å². The van der Waals surface area contributed by atoms with E-state index in [1.165, 1.54) is 6.07 Å². The van der Waals surface area contributed by atoms with Crippen molar-refractivity contribution < 1.29 is 4.39 Å². The van der Waals surface area contributed by atoms with Crippen molar-refractivity contribution in [2.45, 2.75) is 13.0 Å². The molecule has 0 saturated carbocycles. The SMILES string of the molecule is CC(N)c1ccc(F)c(-c2ccncc2)c1. The predicted octanol–water partition coefficient (Wildman–Crippen LogP) is 2.91. The Balaban J connectivity index is 2.52. The summed E-state index contributed by atoms with van der Waals surface area (Å²) in [5, 5.41) is 0. The van der Waals surface area contributed by atoms with E-state index in [0.717, 1.165) is 11.1 Å². The molecule has 16 heavy (non-hydrogen) atoms. The molecule has 1 heterocycles. The van der Waals surface area contributed by atoms with Gasteiger partial charge in [0.05, 0.1) is 0 Å². The third kappa shape index (κ3) is 2.09. The standard InChI is InChI=1S/C13H13FN2/c1-9(15)11-2-3-13(14)12(8-11)10-4-6-16-7-5-10/h2-9H,15H2,1H3. The molecule has 2 nitrogen and oxygen atoms in total.